The van der Waals surface area contributed by atoms with Gasteiger partial charge in [0.05, 0.1) is 6.54 Å². The van der Waals surface area contributed by atoms with Crippen LogP contribution in [0.2, 0.25) is 0 Å². The molecule has 0 aliphatic heterocycles. The Kier molecular flexibility index (Phi) is 3.25. The molecular weight excluding hydrogens is 218 g/mol. The smallest absolute Gasteiger partial charge is 0.182 e. The number of hydrogen-bond donors (Lipinski definition) is 1. The van der Waals surface area contributed by atoms with Gasteiger partial charge in [0, 0.05) is 18.4 Å². The topological polar surface area (TPSA) is 92.3 Å². The molecule has 2 aromatic heterocycles. The van der Waals surface area contributed by atoms with Gasteiger partial charge in [0.25, 0.3) is 0 Å². The molecule has 86 valence electrons. The maximum atomic E-state index is 8.87. The minimum Gasteiger partial charge on any atom is -0.363 e. The van der Waals surface area contributed by atoms with E-state index in [0.717, 1.165) is 0 Å². The number of nitriles is 1. The molecule has 2 rings (SSSR count). The molecule has 2 heterocycles. The largest absolute Gasteiger partial charge is 0.363 e. The van der Waals surface area contributed by atoms with E-state index in [4.69, 9.17) is 5.26 Å². The molecule has 0 amide bonds. The van der Waals surface area contributed by atoms with E-state index in [9.17, 15) is 0 Å². The normalized spacial score (nSPS) is 11.8. The van der Waals surface area contributed by atoms with Gasteiger partial charge in [0.1, 0.15) is 18.7 Å². The number of nitrogens with one attached hydrogen (secondary N) is 1. The van der Waals surface area contributed by atoms with Gasteiger partial charge in [-0.3, -0.25) is 4.68 Å². The Morgan fingerprint density at radius 1 is 1.47 bits per heavy atom. The molecule has 0 aliphatic rings. The highest BCUT2D eigenvalue weighted by Crippen LogP contribution is 2.08. The molecule has 1 N–H and O–H groups in total. The SMILES string of the molecule is CC(Cn1cncn1)Nc1nccnc1C#N. The molecule has 0 saturated heterocycles. The summed E-state index contributed by atoms with van der Waals surface area (Å²) in [5, 5.41) is 16.0. The van der Waals surface area contributed by atoms with Crippen LogP contribution in [0.5, 0.6) is 0 Å². The second-order valence-electron chi connectivity index (χ2n) is 3.53. The monoisotopic (exact) mass is 229 g/mol. The van der Waals surface area contributed by atoms with E-state index in [1.807, 2.05) is 13.0 Å². The highest BCUT2D eigenvalue weighted by Gasteiger charge is 2.08. The first-order valence-electron chi connectivity index (χ1n) is 5.09. The third kappa shape index (κ3) is 2.75. The lowest BCUT2D eigenvalue weighted by Crippen LogP contribution is -2.23. The van der Waals surface area contributed by atoms with Crippen molar-refractivity contribution in [3.05, 3.63) is 30.7 Å². The minimum atomic E-state index is 0.0699. The molecule has 0 fully saturated rings. The highest BCUT2D eigenvalue weighted by atomic mass is 15.3. The second-order valence-corrected chi connectivity index (χ2v) is 3.53. The second kappa shape index (κ2) is 5.03. The average molecular weight is 229 g/mol. The van der Waals surface area contributed by atoms with E-state index in [0.29, 0.717) is 12.4 Å². The van der Waals surface area contributed by atoms with Crippen molar-refractivity contribution >= 4 is 5.82 Å². The van der Waals surface area contributed by atoms with Crippen LogP contribution < -0.4 is 5.32 Å². The number of hydrogen-bond acceptors (Lipinski definition) is 6. The standard InChI is InChI=1S/C10H11N7/c1-8(5-17-7-12-6-15-17)16-10-9(4-11)13-2-3-14-10/h2-3,6-8H,5H2,1H3,(H,14,16). The molecule has 0 spiro atoms. The summed E-state index contributed by atoms with van der Waals surface area (Å²) in [6.07, 6.45) is 6.16. The van der Waals surface area contributed by atoms with E-state index >= 15 is 0 Å². The lowest BCUT2D eigenvalue weighted by Gasteiger charge is -2.14. The summed E-state index contributed by atoms with van der Waals surface area (Å²) < 4.78 is 1.71. The summed E-state index contributed by atoms with van der Waals surface area (Å²) in [5.41, 5.74) is 0.290. The van der Waals surface area contributed by atoms with Crippen molar-refractivity contribution < 1.29 is 0 Å². The molecule has 7 nitrogen and oxygen atoms in total. The van der Waals surface area contributed by atoms with Gasteiger partial charge in [-0.05, 0) is 6.92 Å². The molecule has 7 heteroatoms. The molecule has 1 atom stereocenters. The van der Waals surface area contributed by atoms with Gasteiger partial charge in [0.2, 0.25) is 0 Å². The van der Waals surface area contributed by atoms with E-state index in [2.05, 4.69) is 25.4 Å². The number of anilines is 1. The average Bonchev–Trinajstić information content (AvgIpc) is 2.82. The van der Waals surface area contributed by atoms with E-state index in [1.54, 1.807) is 17.2 Å². The molecule has 2 aromatic rings. The Morgan fingerprint density at radius 3 is 3.00 bits per heavy atom. The Bertz CT molecular complexity index is 514. The van der Waals surface area contributed by atoms with Gasteiger partial charge < -0.3 is 5.32 Å². The fourth-order valence-electron chi connectivity index (χ4n) is 1.41. The summed E-state index contributed by atoms with van der Waals surface area (Å²) in [6, 6.07) is 2.06. The van der Waals surface area contributed by atoms with Crippen molar-refractivity contribution in [2.24, 2.45) is 0 Å². The van der Waals surface area contributed by atoms with Crippen LogP contribution in [0.15, 0.2) is 25.0 Å². The van der Waals surface area contributed by atoms with Gasteiger partial charge in [-0.2, -0.15) is 10.4 Å². The third-order valence-electron chi connectivity index (χ3n) is 2.11. The summed E-state index contributed by atoms with van der Waals surface area (Å²) >= 11 is 0. The zero-order chi connectivity index (χ0) is 12.1. The van der Waals surface area contributed by atoms with E-state index in [1.165, 1.54) is 12.5 Å². The molecule has 1 unspecified atom stereocenters. The first-order valence-corrected chi connectivity index (χ1v) is 5.09. The van der Waals surface area contributed by atoms with Crippen molar-refractivity contribution in [1.82, 2.24) is 24.7 Å². The number of aromatic nitrogens is 5. The summed E-state index contributed by atoms with van der Waals surface area (Å²) in [4.78, 5) is 11.9. The maximum Gasteiger partial charge on any atom is 0.182 e. The van der Waals surface area contributed by atoms with E-state index in [-0.39, 0.29) is 11.7 Å². The summed E-state index contributed by atoms with van der Waals surface area (Å²) in [6.45, 7) is 2.61. The third-order valence-corrected chi connectivity index (χ3v) is 2.11. The van der Waals surface area contributed by atoms with Crippen LogP contribution in [0.1, 0.15) is 12.6 Å². The Labute approximate surface area is 98.2 Å². The fourth-order valence-corrected chi connectivity index (χ4v) is 1.41. The predicted molar refractivity (Wildman–Crippen MR) is 59.9 cm³/mol. The van der Waals surface area contributed by atoms with E-state index < -0.39 is 0 Å². The Hall–Kier alpha value is -2.49. The van der Waals surface area contributed by atoms with Crippen LogP contribution in [0.25, 0.3) is 0 Å². The van der Waals surface area contributed by atoms with Crippen molar-refractivity contribution in [3.63, 3.8) is 0 Å². The predicted octanol–water partition coefficient (Wildman–Crippen LogP) is 0.440. The van der Waals surface area contributed by atoms with Crippen LogP contribution in [0.3, 0.4) is 0 Å². The number of nitrogens with zero attached hydrogens (tertiary/aromatic N) is 6. The van der Waals surface area contributed by atoms with Gasteiger partial charge in [-0.1, -0.05) is 0 Å². The summed E-state index contributed by atoms with van der Waals surface area (Å²) in [7, 11) is 0. The molecular formula is C10H11N7. The first-order chi connectivity index (χ1) is 8.29. The Balaban J connectivity index is 2.03. The van der Waals surface area contributed by atoms with Gasteiger partial charge in [-0.15, -0.1) is 0 Å². The molecule has 0 bridgehead atoms. The highest BCUT2D eigenvalue weighted by molar-refractivity contribution is 5.47. The molecule has 0 aliphatic carbocycles. The number of rotatable bonds is 4. The Morgan fingerprint density at radius 2 is 2.29 bits per heavy atom. The molecule has 17 heavy (non-hydrogen) atoms. The minimum absolute atomic E-state index is 0.0699. The quantitative estimate of drug-likeness (QED) is 0.817. The lowest BCUT2D eigenvalue weighted by molar-refractivity contribution is 0.558. The fraction of sp³-hybridized carbons (Fsp3) is 0.300. The van der Waals surface area contributed by atoms with Crippen molar-refractivity contribution in [1.29, 1.82) is 5.26 Å². The van der Waals surface area contributed by atoms with Crippen LogP contribution in [0, 0.1) is 11.3 Å². The van der Waals surface area contributed by atoms with Crippen LogP contribution >= 0.6 is 0 Å². The van der Waals surface area contributed by atoms with Gasteiger partial charge in [0.15, 0.2) is 11.5 Å². The van der Waals surface area contributed by atoms with Crippen molar-refractivity contribution in [2.45, 2.75) is 19.5 Å². The molecule has 0 radical (unpaired) electrons. The van der Waals surface area contributed by atoms with Crippen molar-refractivity contribution in [2.75, 3.05) is 5.32 Å². The van der Waals surface area contributed by atoms with Gasteiger partial charge in [-0.25, -0.2) is 15.0 Å². The first kappa shape index (κ1) is 11.0. The van der Waals surface area contributed by atoms with Crippen LogP contribution in [-0.2, 0) is 6.54 Å². The zero-order valence-electron chi connectivity index (χ0n) is 9.28. The van der Waals surface area contributed by atoms with Crippen LogP contribution in [0.4, 0.5) is 5.82 Å². The zero-order valence-corrected chi connectivity index (χ0v) is 9.28. The van der Waals surface area contributed by atoms with Crippen LogP contribution in [-0.4, -0.2) is 30.8 Å². The molecule has 0 saturated carbocycles. The summed E-state index contributed by atoms with van der Waals surface area (Å²) in [5.74, 6) is 0.489. The lowest BCUT2D eigenvalue weighted by atomic mass is 10.3. The van der Waals surface area contributed by atoms with Gasteiger partial charge >= 0.3 is 0 Å². The maximum absolute atomic E-state index is 8.87. The molecule has 0 aromatic carbocycles. The van der Waals surface area contributed by atoms with Crippen molar-refractivity contribution in [3.8, 4) is 6.07 Å².